The van der Waals surface area contributed by atoms with Crippen LogP contribution in [0.5, 0.6) is 0 Å². The normalized spacial score (nSPS) is 30.2. The number of hydrogen-bond acceptors (Lipinski definition) is 4. The summed E-state index contributed by atoms with van der Waals surface area (Å²) in [4.78, 5) is 15.7. The zero-order valence-electron chi connectivity index (χ0n) is 10.7. The molecule has 0 spiro atoms. The Hall–Kier alpha value is -0.950. The van der Waals surface area contributed by atoms with Crippen molar-refractivity contribution in [3.63, 3.8) is 0 Å². The molecule has 1 saturated carbocycles. The highest BCUT2D eigenvalue weighted by molar-refractivity contribution is 7.13. The van der Waals surface area contributed by atoms with Gasteiger partial charge in [-0.25, -0.2) is 4.98 Å². The molecule has 2 heterocycles. The summed E-state index contributed by atoms with van der Waals surface area (Å²) >= 11 is 0.442. The lowest BCUT2D eigenvalue weighted by Crippen LogP contribution is -2.36. The minimum atomic E-state index is -4.47. The highest BCUT2D eigenvalue weighted by atomic mass is 32.1. The van der Waals surface area contributed by atoms with Gasteiger partial charge in [-0.05, 0) is 25.2 Å². The van der Waals surface area contributed by atoms with Crippen LogP contribution in [-0.2, 0) is 6.18 Å². The summed E-state index contributed by atoms with van der Waals surface area (Å²) in [5.41, 5.74) is 0. The van der Waals surface area contributed by atoms with Gasteiger partial charge in [-0.2, -0.15) is 13.2 Å². The number of nitrogens with zero attached hydrogens (tertiary/aromatic N) is 1. The fourth-order valence-electron chi connectivity index (χ4n) is 3.21. The van der Waals surface area contributed by atoms with Crippen molar-refractivity contribution < 1.29 is 18.0 Å². The number of fused-ring (bicyclic) bond motifs is 1. The van der Waals surface area contributed by atoms with Crippen molar-refractivity contribution in [2.75, 3.05) is 0 Å². The predicted octanol–water partition coefficient (Wildman–Crippen LogP) is 3.27. The van der Waals surface area contributed by atoms with E-state index in [9.17, 15) is 18.0 Å². The molecule has 1 aliphatic carbocycles. The summed E-state index contributed by atoms with van der Waals surface area (Å²) in [5, 5.41) is 2.34. The number of thiazole rings is 1. The van der Waals surface area contributed by atoms with Crippen LogP contribution in [0.25, 0.3) is 0 Å². The van der Waals surface area contributed by atoms with Crippen LogP contribution in [0.3, 0.4) is 0 Å². The third kappa shape index (κ3) is 2.61. The maximum atomic E-state index is 12.5. The smallest absolute Gasteiger partial charge is 0.304 e. The molecule has 1 aromatic heterocycles. The maximum Gasteiger partial charge on any atom is 0.443 e. The largest absolute Gasteiger partial charge is 0.443 e. The molecule has 2 aliphatic rings. The van der Waals surface area contributed by atoms with Crippen molar-refractivity contribution in [3.8, 4) is 0 Å². The van der Waals surface area contributed by atoms with E-state index in [2.05, 4.69) is 10.3 Å². The van der Waals surface area contributed by atoms with Gasteiger partial charge >= 0.3 is 6.18 Å². The van der Waals surface area contributed by atoms with Gasteiger partial charge in [0, 0.05) is 12.2 Å². The predicted molar refractivity (Wildman–Crippen MR) is 68.7 cm³/mol. The average molecular weight is 304 g/mol. The van der Waals surface area contributed by atoms with E-state index in [1.54, 1.807) is 0 Å². The minimum absolute atomic E-state index is 0.105. The third-order valence-electron chi connectivity index (χ3n) is 4.17. The number of ketones is 1. The van der Waals surface area contributed by atoms with Crippen LogP contribution >= 0.6 is 11.3 Å². The van der Waals surface area contributed by atoms with Crippen LogP contribution in [-0.4, -0.2) is 22.9 Å². The Morgan fingerprint density at radius 2 is 2.10 bits per heavy atom. The maximum absolute atomic E-state index is 12.5. The molecule has 3 nitrogen and oxygen atoms in total. The molecule has 1 aliphatic heterocycles. The first-order valence-electron chi connectivity index (χ1n) is 6.78. The van der Waals surface area contributed by atoms with E-state index in [1.165, 1.54) is 6.42 Å². The number of carbonyl (C=O) groups is 1. The molecule has 0 radical (unpaired) electrons. The van der Waals surface area contributed by atoms with Crippen molar-refractivity contribution >= 4 is 17.1 Å². The molecular weight excluding hydrogens is 289 g/mol. The molecule has 0 aromatic carbocycles. The summed E-state index contributed by atoms with van der Waals surface area (Å²) in [6.45, 7) is 0. The first-order chi connectivity index (χ1) is 9.45. The van der Waals surface area contributed by atoms with Gasteiger partial charge < -0.3 is 5.32 Å². The first-order valence-corrected chi connectivity index (χ1v) is 7.60. The standard InChI is InChI=1S/C13H15F3N2OS/c14-13(15,16)12-17-6-10(20-12)11(19)9-5-7-3-1-2-4-8(7)18-9/h6-9,18H,1-5H2. The number of aromatic nitrogens is 1. The van der Waals surface area contributed by atoms with Crippen LogP contribution in [0, 0.1) is 5.92 Å². The molecule has 20 heavy (non-hydrogen) atoms. The van der Waals surface area contributed by atoms with E-state index < -0.39 is 11.2 Å². The Morgan fingerprint density at radius 3 is 2.75 bits per heavy atom. The number of carbonyl (C=O) groups excluding carboxylic acids is 1. The molecule has 0 bridgehead atoms. The lowest BCUT2D eigenvalue weighted by atomic mass is 9.85. The third-order valence-corrected chi connectivity index (χ3v) is 5.23. The Labute approximate surface area is 118 Å². The van der Waals surface area contributed by atoms with Crippen LogP contribution in [0.1, 0.15) is 46.8 Å². The first kappa shape index (κ1) is 14.0. The summed E-state index contributed by atoms with van der Waals surface area (Å²) < 4.78 is 37.5. The van der Waals surface area contributed by atoms with Gasteiger partial charge in [0.25, 0.3) is 0 Å². The zero-order chi connectivity index (χ0) is 14.3. The summed E-state index contributed by atoms with van der Waals surface area (Å²) in [6, 6.07) is 0.0114. The molecule has 1 N–H and O–H groups in total. The molecule has 1 saturated heterocycles. The van der Waals surface area contributed by atoms with Gasteiger partial charge in [0.1, 0.15) is 0 Å². The summed E-state index contributed by atoms with van der Waals surface area (Å²) in [5.74, 6) is 0.250. The van der Waals surface area contributed by atoms with Gasteiger partial charge in [0.15, 0.2) is 10.8 Å². The molecule has 7 heteroatoms. The Kier molecular flexibility index (Phi) is 3.58. The number of halogens is 3. The van der Waals surface area contributed by atoms with Crippen molar-refractivity contribution in [2.45, 2.75) is 50.4 Å². The van der Waals surface area contributed by atoms with Gasteiger partial charge in [0.2, 0.25) is 0 Å². The van der Waals surface area contributed by atoms with Crippen molar-refractivity contribution in [1.29, 1.82) is 0 Å². The van der Waals surface area contributed by atoms with E-state index in [0.29, 0.717) is 23.3 Å². The number of rotatable bonds is 2. The summed E-state index contributed by atoms with van der Waals surface area (Å²) in [6.07, 6.45) is 1.84. The Bertz CT molecular complexity index is 500. The average Bonchev–Trinajstić information content (AvgIpc) is 3.04. The van der Waals surface area contributed by atoms with Crippen molar-refractivity contribution in [3.05, 3.63) is 16.1 Å². The molecule has 1 aromatic rings. The number of Topliss-reactive ketones (excluding diaryl/α,β-unsaturated/α-hetero) is 1. The van der Waals surface area contributed by atoms with E-state index in [-0.39, 0.29) is 16.7 Å². The molecule has 0 amide bonds. The second-order valence-electron chi connectivity index (χ2n) is 5.50. The van der Waals surface area contributed by atoms with E-state index >= 15 is 0 Å². The van der Waals surface area contributed by atoms with Gasteiger partial charge in [-0.3, -0.25) is 4.79 Å². The van der Waals surface area contributed by atoms with Crippen LogP contribution < -0.4 is 5.32 Å². The number of hydrogen-bond donors (Lipinski definition) is 1. The van der Waals surface area contributed by atoms with Crippen molar-refractivity contribution in [2.24, 2.45) is 5.92 Å². The van der Waals surface area contributed by atoms with Gasteiger partial charge in [-0.15, -0.1) is 11.3 Å². The van der Waals surface area contributed by atoms with Gasteiger partial charge in [-0.1, -0.05) is 12.8 Å². The fourth-order valence-corrected chi connectivity index (χ4v) is 3.99. The van der Waals surface area contributed by atoms with E-state index in [4.69, 9.17) is 0 Å². The molecule has 2 fully saturated rings. The lowest BCUT2D eigenvalue weighted by Gasteiger charge is -2.24. The quantitative estimate of drug-likeness (QED) is 0.853. The van der Waals surface area contributed by atoms with E-state index in [0.717, 1.165) is 31.9 Å². The van der Waals surface area contributed by atoms with Gasteiger partial charge in [0.05, 0.1) is 10.9 Å². The SMILES string of the molecule is O=C(c1cnc(C(F)(F)F)s1)C1CC2CCCCC2N1. The molecule has 110 valence electrons. The zero-order valence-corrected chi connectivity index (χ0v) is 11.6. The van der Waals surface area contributed by atoms with E-state index in [1.807, 2.05) is 0 Å². The lowest BCUT2D eigenvalue weighted by molar-refractivity contribution is -0.137. The minimum Gasteiger partial charge on any atom is -0.304 e. The van der Waals surface area contributed by atoms with Crippen molar-refractivity contribution in [1.82, 2.24) is 10.3 Å². The van der Waals surface area contributed by atoms with Crippen LogP contribution in [0.2, 0.25) is 0 Å². The highest BCUT2D eigenvalue weighted by Crippen LogP contribution is 2.36. The Morgan fingerprint density at radius 1 is 1.35 bits per heavy atom. The molecular formula is C13H15F3N2OS. The second-order valence-corrected chi connectivity index (χ2v) is 6.53. The number of alkyl halides is 3. The summed E-state index contributed by atoms with van der Waals surface area (Å²) in [7, 11) is 0. The highest BCUT2D eigenvalue weighted by Gasteiger charge is 2.40. The monoisotopic (exact) mass is 304 g/mol. The number of nitrogens with one attached hydrogen (secondary N) is 1. The fraction of sp³-hybridized carbons (Fsp3) is 0.692. The Balaban J connectivity index is 1.72. The van der Waals surface area contributed by atoms with Crippen LogP contribution in [0.4, 0.5) is 13.2 Å². The molecule has 3 rings (SSSR count). The topological polar surface area (TPSA) is 42.0 Å². The molecule has 3 atom stereocenters. The molecule has 3 unspecified atom stereocenters. The second kappa shape index (κ2) is 5.11. The van der Waals surface area contributed by atoms with Crippen LogP contribution in [0.15, 0.2) is 6.20 Å².